The summed E-state index contributed by atoms with van der Waals surface area (Å²) in [5, 5.41) is 9.13. The van der Waals surface area contributed by atoms with Crippen LogP contribution >= 0.6 is 0 Å². The summed E-state index contributed by atoms with van der Waals surface area (Å²) in [4.78, 5) is 0. The molecular formula is C11H12O. The van der Waals surface area contributed by atoms with Gasteiger partial charge in [-0.25, -0.2) is 0 Å². The van der Waals surface area contributed by atoms with E-state index in [-0.39, 0.29) is 0 Å². The van der Waals surface area contributed by atoms with Gasteiger partial charge in [0.25, 0.3) is 0 Å². The molecule has 0 heterocycles. The second kappa shape index (κ2) is 2.67. The van der Waals surface area contributed by atoms with Crippen LogP contribution in [0.1, 0.15) is 17.9 Å². The number of allylic oxidation sites excluding steroid dienone is 1. The monoisotopic (exact) mass is 160 g/mol. The summed E-state index contributed by atoms with van der Waals surface area (Å²) in [7, 11) is 0. The highest BCUT2D eigenvalue weighted by Crippen LogP contribution is 2.50. The molecule has 2 atom stereocenters. The summed E-state index contributed by atoms with van der Waals surface area (Å²) in [5.74, 6) is 1.17. The second-order valence-electron chi connectivity index (χ2n) is 3.35. The van der Waals surface area contributed by atoms with Crippen molar-refractivity contribution in [2.24, 2.45) is 5.92 Å². The maximum atomic E-state index is 9.13. The normalized spacial score (nSPS) is 26.7. The molecule has 1 aliphatic rings. The third-order valence-corrected chi connectivity index (χ3v) is 2.45. The Hall–Kier alpha value is -1.24. The van der Waals surface area contributed by atoms with Crippen LogP contribution in [0.3, 0.4) is 0 Å². The lowest BCUT2D eigenvalue weighted by molar-refractivity contribution is 0.379. The quantitative estimate of drug-likeness (QED) is 0.659. The molecule has 1 aromatic carbocycles. The average molecular weight is 160 g/mol. The van der Waals surface area contributed by atoms with Crippen molar-refractivity contribution in [1.29, 1.82) is 0 Å². The van der Waals surface area contributed by atoms with Crippen LogP contribution in [0.5, 0.6) is 0 Å². The van der Waals surface area contributed by atoms with Crippen LogP contribution in [0.25, 0.3) is 0 Å². The van der Waals surface area contributed by atoms with E-state index in [1.807, 2.05) is 18.2 Å². The van der Waals surface area contributed by atoms with Crippen molar-refractivity contribution in [3.05, 3.63) is 48.2 Å². The smallest absolute Gasteiger partial charge is 0.0888 e. The minimum atomic E-state index is 0.312. The van der Waals surface area contributed by atoms with Crippen molar-refractivity contribution >= 4 is 0 Å². The minimum absolute atomic E-state index is 0.312. The van der Waals surface area contributed by atoms with E-state index in [9.17, 15) is 0 Å². The van der Waals surface area contributed by atoms with Crippen molar-refractivity contribution in [2.75, 3.05) is 0 Å². The Bertz CT molecular complexity index is 289. The summed E-state index contributed by atoms with van der Waals surface area (Å²) in [5.41, 5.74) is 1.32. The summed E-state index contributed by atoms with van der Waals surface area (Å²) < 4.78 is 0. The van der Waals surface area contributed by atoms with E-state index in [0.717, 1.165) is 6.42 Å². The van der Waals surface area contributed by atoms with Gasteiger partial charge in [0.1, 0.15) is 0 Å². The predicted octanol–water partition coefficient (Wildman–Crippen LogP) is 2.86. The Morgan fingerprint density at radius 1 is 1.33 bits per heavy atom. The first-order valence-electron chi connectivity index (χ1n) is 4.22. The van der Waals surface area contributed by atoms with Gasteiger partial charge < -0.3 is 5.11 Å². The van der Waals surface area contributed by atoms with Gasteiger partial charge in [0, 0.05) is 5.92 Å². The zero-order valence-electron chi connectivity index (χ0n) is 6.90. The van der Waals surface area contributed by atoms with Crippen molar-refractivity contribution < 1.29 is 5.11 Å². The van der Waals surface area contributed by atoms with Crippen molar-refractivity contribution in [3.8, 4) is 0 Å². The summed E-state index contributed by atoms with van der Waals surface area (Å²) in [6, 6.07) is 10.3. The van der Waals surface area contributed by atoms with Gasteiger partial charge in [0.05, 0.1) is 5.76 Å². The molecule has 1 N–H and O–H groups in total. The maximum absolute atomic E-state index is 9.13. The molecule has 0 spiro atoms. The number of benzene rings is 1. The molecule has 1 aliphatic carbocycles. The summed E-state index contributed by atoms with van der Waals surface area (Å²) in [6.45, 7) is 3.55. The van der Waals surface area contributed by atoms with Crippen molar-refractivity contribution in [1.82, 2.24) is 0 Å². The first-order chi connectivity index (χ1) is 5.79. The molecule has 1 heteroatoms. The summed E-state index contributed by atoms with van der Waals surface area (Å²) in [6.07, 6.45) is 1.05. The van der Waals surface area contributed by atoms with Crippen LogP contribution in [-0.2, 0) is 0 Å². The third kappa shape index (κ3) is 1.22. The highest BCUT2D eigenvalue weighted by Gasteiger charge is 2.40. The fraction of sp³-hybridized carbons (Fsp3) is 0.273. The molecule has 0 bridgehead atoms. The van der Waals surface area contributed by atoms with Crippen LogP contribution in [0.2, 0.25) is 0 Å². The molecule has 62 valence electrons. The molecule has 0 radical (unpaired) electrons. The highest BCUT2D eigenvalue weighted by atomic mass is 16.3. The van der Waals surface area contributed by atoms with Gasteiger partial charge in [-0.3, -0.25) is 0 Å². The number of rotatable bonds is 2. The Balaban J connectivity index is 2.11. The minimum Gasteiger partial charge on any atom is -0.513 e. The Morgan fingerprint density at radius 2 is 2.00 bits per heavy atom. The van der Waals surface area contributed by atoms with Crippen LogP contribution < -0.4 is 0 Å². The number of aliphatic hydroxyl groups is 1. The van der Waals surface area contributed by atoms with E-state index >= 15 is 0 Å². The second-order valence-corrected chi connectivity index (χ2v) is 3.35. The lowest BCUT2D eigenvalue weighted by Crippen LogP contribution is -1.85. The average Bonchev–Trinajstić information content (AvgIpc) is 2.84. The molecule has 12 heavy (non-hydrogen) atoms. The van der Waals surface area contributed by atoms with Gasteiger partial charge in [-0.2, -0.15) is 0 Å². The van der Waals surface area contributed by atoms with Crippen molar-refractivity contribution in [2.45, 2.75) is 12.3 Å². The molecule has 1 aromatic rings. The van der Waals surface area contributed by atoms with Crippen LogP contribution in [-0.4, -0.2) is 5.11 Å². The van der Waals surface area contributed by atoms with E-state index in [2.05, 4.69) is 18.7 Å². The van der Waals surface area contributed by atoms with E-state index in [4.69, 9.17) is 5.11 Å². The van der Waals surface area contributed by atoms with Gasteiger partial charge in [0.2, 0.25) is 0 Å². The van der Waals surface area contributed by atoms with Gasteiger partial charge in [-0.1, -0.05) is 36.9 Å². The number of hydrogen-bond acceptors (Lipinski definition) is 1. The van der Waals surface area contributed by atoms with Gasteiger partial charge in [-0.05, 0) is 17.9 Å². The molecule has 0 saturated heterocycles. The van der Waals surface area contributed by atoms with Crippen LogP contribution in [0.4, 0.5) is 0 Å². The molecule has 0 aliphatic heterocycles. The maximum Gasteiger partial charge on any atom is 0.0888 e. The SMILES string of the molecule is C=C(O)C1CC1c1ccccc1. The number of hydrogen-bond donors (Lipinski definition) is 1. The molecule has 1 saturated carbocycles. The Morgan fingerprint density at radius 3 is 2.50 bits per heavy atom. The van der Waals surface area contributed by atoms with Crippen LogP contribution in [0.15, 0.2) is 42.7 Å². The van der Waals surface area contributed by atoms with E-state index in [1.54, 1.807) is 0 Å². The molecule has 2 unspecified atom stereocenters. The first kappa shape index (κ1) is 7.41. The van der Waals surface area contributed by atoms with Gasteiger partial charge in [0.15, 0.2) is 0 Å². The molecule has 0 aromatic heterocycles. The zero-order chi connectivity index (χ0) is 8.55. The topological polar surface area (TPSA) is 20.2 Å². The standard InChI is InChI=1S/C11H12O/c1-8(12)10-7-11(10)9-5-3-2-4-6-9/h2-6,10-12H,1,7H2. The molecule has 2 rings (SSSR count). The molecule has 1 fully saturated rings. The van der Waals surface area contributed by atoms with Crippen LogP contribution in [0, 0.1) is 5.92 Å². The molecule has 1 nitrogen and oxygen atoms in total. The van der Waals surface area contributed by atoms with Gasteiger partial charge >= 0.3 is 0 Å². The molecular weight excluding hydrogens is 148 g/mol. The molecule has 0 amide bonds. The fourth-order valence-corrected chi connectivity index (χ4v) is 1.63. The lowest BCUT2D eigenvalue weighted by Gasteiger charge is -1.97. The zero-order valence-corrected chi connectivity index (χ0v) is 6.90. The third-order valence-electron chi connectivity index (χ3n) is 2.45. The largest absolute Gasteiger partial charge is 0.513 e. The Kier molecular flexibility index (Phi) is 1.65. The van der Waals surface area contributed by atoms with E-state index in [0.29, 0.717) is 17.6 Å². The predicted molar refractivity (Wildman–Crippen MR) is 49.1 cm³/mol. The lowest BCUT2D eigenvalue weighted by atomic mass is 10.1. The fourth-order valence-electron chi connectivity index (χ4n) is 1.63. The number of aliphatic hydroxyl groups excluding tert-OH is 1. The Labute approximate surface area is 72.4 Å². The van der Waals surface area contributed by atoms with Crippen molar-refractivity contribution in [3.63, 3.8) is 0 Å². The van der Waals surface area contributed by atoms with E-state index in [1.165, 1.54) is 5.56 Å². The van der Waals surface area contributed by atoms with E-state index < -0.39 is 0 Å². The first-order valence-corrected chi connectivity index (χ1v) is 4.22. The highest BCUT2D eigenvalue weighted by molar-refractivity contribution is 5.28. The summed E-state index contributed by atoms with van der Waals surface area (Å²) >= 11 is 0. The van der Waals surface area contributed by atoms with Gasteiger partial charge in [-0.15, -0.1) is 0 Å².